The van der Waals surface area contributed by atoms with E-state index in [1.54, 1.807) is 31.5 Å². The first kappa shape index (κ1) is 23.4. The van der Waals surface area contributed by atoms with Gasteiger partial charge in [0.2, 0.25) is 5.95 Å². The lowest BCUT2D eigenvalue weighted by Crippen LogP contribution is -2.34. The average Bonchev–Trinajstić information content (AvgIpc) is 2.82. The molecule has 3 heterocycles. The lowest BCUT2D eigenvalue weighted by Gasteiger charge is -2.37. The van der Waals surface area contributed by atoms with Crippen molar-refractivity contribution in [3.63, 3.8) is 0 Å². The van der Waals surface area contributed by atoms with E-state index < -0.39 is 7.14 Å². The molecule has 1 aromatic carbocycles. The highest BCUT2D eigenvalue weighted by Crippen LogP contribution is 2.42. The Hall–Kier alpha value is -3.34. The molecule has 8 nitrogen and oxygen atoms in total. The molecule has 1 aliphatic heterocycles. The van der Waals surface area contributed by atoms with Crippen LogP contribution in [-0.4, -0.2) is 46.8 Å². The summed E-state index contributed by atoms with van der Waals surface area (Å²) in [6.45, 7) is 4.82. The fourth-order valence-corrected chi connectivity index (χ4v) is 5.77. The number of nitrogens with zero attached hydrogens (tertiary/aromatic N) is 5. The van der Waals surface area contributed by atoms with Gasteiger partial charge in [-0.15, -0.1) is 0 Å². The van der Waals surface area contributed by atoms with Crippen LogP contribution in [0.1, 0.15) is 41.0 Å². The van der Waals surface area contributed by atoms with Gasteiger partial charge in [0, 0.05) is 18.7 Å². The van der Waals surface area contributed by atoms with Crippen LogP contribution in [0.15, 0.2) is 30.5 Å². The van der Waals surface area contributed by atoms with Gasteiger partial charge in [0.05, 0.1) is 11.9 Å². The number of aromatic nitrogens is 3. The Morgan fingerprint density at radius 1 is 1.26 bits per heavy atom. The summed E-state index contributed by atoms with van der Waals surface area (Å²) >= 11 is 0. The van der Waals surface area contributed by atoms with Crippen LogP contribution in [0.5, 0.6) is 0 Å². The molecule has 2 aliphatic rings. The second kappa shape index (κ2) is 9.03. The lowest BCUT2D eigenvalue weighted by atomic mass is 9.77. The molecule has 0 bridgehead atoms. The van der Waals surface area contributed by atoms with Crippen molar-refractivity contribution in [1.29, 1.82) is 5.26 Å². The molecule has 3 aromatic rings. The summed E-state index contributed by atoms with van der Waals surface area (Å²) in [6, 6.07) is 9.10. The van der Waals surface area contributed by atoms with Gasteiger partial charge in [-0.05, 0) is 74.9 Å². The van der Waals surface area contributed by atoms with E-state index in [9.17, 15) is 9.83 Å². The summed E-state index contributed by atoms with van der Waals surface area (Å²) in [6.07, 6.45) is 4.49. The van der Waals surface area contributed by atoms with E-state index in [0.29, 0.717) is 29.4 Å². The summed E-state index contributed by atoms with van der Waals surface area (Å²) in [5.74, 6) is 0.910. The highest BCUT2D eigenvalue weighted by atomic mass is 31.2. The summed E-state index contributed by atoms with van der Waals surface area (Å²) in [4.78, 5) is 15.2. The maximum absolute atomic E-state index is 15.6. The highest BCUT2D eigenvalue weighted by Gasteiger charge is 2.32. The Bertz CT molecular complexity index is 1400. The minimum absolute atomic E-state index is 0.168. The number of hydrogen-bond donors (Lipinski definition) is 2. The number of hydrogen-bond acceptors (Lipinski definition) is 8. The molecule has 0 saturated carbocycles. The number of nitrogens with one attached hydrogen (secondary N) is 2. The van der Waals surface area contributed by atoms with Gasteiger partial charge >= 0.3 is 0 Å². The van der Waals surface area contributed by atoms with E-state index in [2.05, 4.69) is 36.6 Å². The molecular weight excluding hydrogens is 464 g/mol. The molecule has 0 saturated heterocycles. The molecular formula is C25H27FN7OP. The maximum atomic E-state index is 15.6. The van der Waals surface area contributed by atoms with E-state index >= 15 is 4.39 Å². The Morgan fingerprint density at radius 2 is 2.09 bits per heavy atom. The molecule has 10 heteroatoms. The first-order valence-corrected chi connectivity index (χ1v) is 14.2. The van der Waals surface area contributed by atoms with Crippen LogP contribution >= 0.6 is 7.14 Å². The predicted octanol–water partition coefficient (Wildman–Crippen LogP) is 4.48. The van der Waals surface area contributed by atoms with E-state index in [1.807, 2.05) is 13.1 Å². The summed E-state index contributed by atoms with van der Waals surface area (Å²) in [5.41, 5.74) is 4.13. The third-order valence-corrected chi connectivity index (χ3v) is 7.90. The Labute approximate surface area is 204 Å². The van der Waals surface area contributed by atoms with Gasteiger partial charge in [0.25, 0.3) is 0 Å². The molecule has 0 radical (unpaired) electrons. The second-order valence-electron chi connectivity index (χ2n) is 9.62. The number of halogens is 1. The number of rotatable bonds is 5. The molecule has 180 valence electrons. The first-order valence-electron chi connectivity index (χ1n) is 11.6. The van der Waals surface area contributed by atoms with E-state index in [-0.39, 0.29) is 23.1 Å². The molecule has 0 fully saturated rings. The number of anilines is 4. The summed E-state index contributed by atoms with van der Waals surface area (Å²) in [5, 5.41) is 15.6. The third kappa shape index (κ3) is 4.64. The van der Waals surface area contributed by atoms with Crippen LogP contribution in [0.4, 0.5) is 27.7 Å². The van der Waals surface area contributed by atoms with Crippen molar-refractivity contribution in [3.05, 3.63) is 58.5 Å². The number of pyridine rings is 1. The SMILES string of the molecule is CN1Cc2c(F)c(Nc3ncc(C#N)c(Nc4cccc(P(C)(C)=O)n4)n3)cc3c2C(CCC3)C1. The number of nitriles is 1. The molecule has 1 atom stereocenters. The lowest BCUT2D eigenvalue weighted by molar-refractivity contribution is 0.261. The average molecular weight is 492 g/mol. The van der Waals surface area contributed by atoms with Crippen LogP contribution in [0, 0.1) is 17.1 Å². The van der Waals surface area contributed by atoms with Gasteiger partial charge in [-0.3, -0.25) is 0 Å². The zero-order valence-corrected chi connectivity index (χ0v) is 20.9. The van der Waals surface area contributed by atoms with Crippen molar-refractivity contribution in [2.45, 2.75) is 31.7 Å². The van der Waals surface area contributed by atoms with Crippen molar-refractivity contribution in [2.24, 2.45) is 0 Å². The maximum Gasteiger partial charge on any atom is 0.229 e. The number of benzene rings is 1. The van der Waals surface area contributed by atoms with Crippen LogP contribution in [-0.2, 0) is 17.5 Å². The van der Waals surface area contributed by atoms with Crippen molar-refractivity contribution in [2.75, 3.05) is 37.6 Å². The van der Waals surface area contributed by atoms with Gasteiger partial charge in [-0.2, -0.15) is 10.2 Å². The van der Waals surface area contributed by atoms with Crippen LogP contribution in [0.3, 0.4) is 0 Å². The normalized spacial score (nSPS) is 17.4. The van der Waals surface area contributed by atoms with Crippen molar-refractivity contribution in [3.8, 4) is 6.07 Å². The monoisotopic (exact) mass is 491 g/mol. The molecule has 35 heavy (non-hydrogen) atoms. The van der Waals surface area contributed by atoms with Gasteiger partial charge < -0.3 is 20.1 Å². The summed E-state index contributed by atoms with van der Waals surface area (Å²) in [7, 11) is -0.533. The molecule has 1 unspecified atom stereocenters. The van der Waals surface area contributed by atoms with Gasteiger partial charge in [-0.1, -0.05) is 6.07 Å². The standard InChI is InChI=1S/C25H27FN7OP/c1-33-13-16-7-4-6-15-10-19(23(26)18(14-33)22(15)16)29-25-28-12-17(11-27)24(32-25)31-20-8-5-9-21(30-20)35(2,3)34/h5,8-10,12,16H,4,6-7,13-14H2,1-3H3,(H2,28,29,30,31,32). The fourth-order valence-electron chi connectivity index (χ4n) is 4.98. The molecule has 1 aliphatic carbocycles. The second-order valence-corrected chi connectivity index (χ2v) is 12.8. The quantitative estimate of drug-likeness (QED) is 0.503. The van der Waals surface area contributed by atoms with Gasteiger partial charge in [-0.25, -0.2) is 14.4 Å². The summed E-state index contributed by atoms with van der Waals surface area (Å²) < 4.78 is 28.0. The minimum atomic E-state index is -2.56. The van der Waals surface area contributed by atoms with E-state index in [0.717, 1.165) is 31.4 Å². The van der Waals surface area contributed by atoms with Crippen molar-refractivity contribution in [1.82, 2.24) is 19.9 Å². The number of aryl methyl sites for hydroxylation is 1. The molecule has 2 aromatic heterocycles. The Kier molecular flexibility index (Phi) is 6.04. The smallest absolute Gasteiger partial charge is 0.229 e. The predicted molar refractivity (Wildman–Crippen MR) is 135 cm³/mol. The molecule has 5 rings (SSSR count). The van der Waals surface area contributed by atoms with Crippen LogP contribution in [0.2, 0.25) is 0 Å². The van der Waals surface area contributed by atoms with Gasteiger partial charge in [0.15, 0.2) is 11.6 Å². The number of likely N-dealkylation sites (N-methyl/N-ethyl adjacent to an activating group) is 1. The van der Waals surface area contributed by atoms with E-state index in [4.69, 9.17) is 0 Å². The van der Waals surface area contributed by atoms with Crippen molar-refractivity contribution < 1.29 is 8.96 Å². The van der Waals surface area contributed by atoms with Crippen LogP contribution < -0.4 is 16.1 Å². The molecule has 0 amide bonds. The highest BCUT2D eigenvalue weighted by molar-refractivity contribution is 7.69. The Balaban J connectivity index is 1.48. The molecule has 2 N–H and O–H groups in total. The first-order chi connectivity index (χ1) is 16.7. The third-order valence-electron chi connectivity index (χ3n) is 6.55. The zero-order valence-electron chi connectivity index (χ0n) is 20.0. The van der Waals surface area contributed by atoms with Crippen molar-refractivity contribution >= 4 is 35.8 Å². The van der Waals surface area contributed by atoms with Crippen LogP contribution in [0.25, 0.3) is 0 Å². The Morgan fingerprint density at radius 3 is 2.86 bits per heavy atom. The minimum Gasteiger partial charge on any atom is -0.324 e. The zero-order chi connectivity index (χ0) is 24.7. The fraction of sp³-hybridized carbons (Fsp3) is 0.360. The largest absolute Gasteiger partial charge is 0.324 e. The topological polar surface area (TPSA) is 107 Å². The molecule has 0 spiro atoms. The van der Waals surface area contributed by atoms with Gasteiger partial charge in [0.1, 0.15) is 30.0 Å². The van der Waals surface area contributed by atoms with E-state index in [1.165, 1.54) is 17.3 Å².